The number of carboxylic acid groups (broad SMARTS) is 1. The number of carboxylic acids is 1. The van der Waals surface area contributed by atoms with Crippen LogP contribution in [0.5, 0.6) is 0 Å². The van der Waals surface area contributed by atoms with Gasteiger partial charge in [-0.1, -0.05) is 72.8 Å². The van der Waals surface area contributed by atoms with Crippen molar-refractivity contribution in [3.63, 3.8) is 0 Å². The summed E-state index contributed by atoms with van der Waals surface area (Å²) in [7, 11) is 0. The van der Waals surface area contributed by atoms with E-state index >= 15 is 0 Å². The van der Waals surface area contributed by atoms with Gasteiger partial charge in [-0.05, 0) is 61.9 Å². The van der Waals surface area contributed by atoms with E-state index in [1.807, 2.05) is 78.9 Å². The number of nitrogens with zero attached hydrogens (tertiary/aromatic N) is 3. The van der Waals surface area contributed by atoms with Gasteiger partial charge in [0.2, 0.25) is 11.8 Å². The molecule has 0 aromatic heterocycles. The van der Waals surface area contributed by atoms with E-state index in [4.69, 9.17) is 4.74 Å². The number of para-hydroxylation sites is 1. The quantitative estimate of drug-likeness (QED) is 0.428. The summed E-state index contributed by atoms with van der Waals surface area (Å²) >= 11 is 0. The molecule has 1 N–H and O–H groups in total. The molecule has 0 saturated carbocycles. The molecule has 234 valence electrons. The minimum Gasteiger partial charge on any atom is -0.481 e. The number of rotatable bonds is 5. The van der Waals surface area contributed by atoms with Crippen LogP contribution in [0.15, 0.2) is 78.9 Å². The number of fused-ring (bicyclic) bond motifs is 2. The summed E-state index contributed by atoms with van der Waals surface area (Å²) in [6.45, 7) is 5.94. The molecule has 1 saturated heterocycles. The maximum atomic E-state index is 14.6. The lowest BCUT2D eigenvalue weighted by Crippen LogP contribution is -2.57. The number of aliphatic carboxylic acids is 1. The first-order chi connectivity index (χ1) is 21.5. The summed E-state index contributed by atoms with van der Waals surface area (Å²) < 4.78 is 5.75. The standard InChI is InChI=1S/C36H39N3O6/c1-36(2,3)45-35(44)39-29-16-10-9-14-25(29)18-31(39)34(43)38-22-27(23-11-5-4-6-12-23)19-30(38)33(42)37-21-26-15-8-7-13-24(26)17-28(37)20-32(40)41/h4-16,27-28,30-31H,17-22H2,1-3H3,(H,40,41)/t27-,28+,30+,31+/m0/s1. The topological polar surface area (TPSA) is 107 Å². The predicted octanol–water partition coefficient (Wildman–Crippen LogP) is 5.17. The second-order valence-corrected chi connectivity index (χ2v) is 13.2. The van der Waals surface area contributed by atoms with Gasteiger partial charge >= 0.3 is 12.1 Å². The highest BCUT2D eigenvalue weighted by Crippen LogP contribution is 2.39. The van der Waals surface area contributed by atoms with E-state index in [1.165, 1.54) is 4.90 Å². The van der Waals surface area contributed by atoms with Crippen LogP contribution in [0.1, 0.15) is 61.8 Å². The Morgan fingerprint density at radius 2 is 1.40 bits per heavy atom. The fraction of sp³-hybridized carbons (Fsp3) is 0.389. The molecule has 3 aromatic rings. The second kappa shape index (κ2) is 12.0. The zero-order valence-corrected chi connectivity index (χ0v) is 25.9. The number of anilines is 1. The largest absolute Gasteiger partial charge is 0.481 e. The van der Waals surface area contributed by atoms with Gasteiger partial charge in [0, 0.05) is 31.5 Å². The first kappa shape index (κ1) is 30.4. The number of hydrogen-bond acceptors (Lipinski definition) is 5. The Balaban J connectivity index is 1.35. The van der Waals surface area contributed by atoms with Crippen molar-refractivity contribution in [1.29, 1.82) is 0 Å². The Bertz CT molecular complexity index is 1620. The molecule has 3 heterocycles. The third-order valence-electron chi connectivity index (χ3n) is 9.04. The van der Waals surface area contributed by atoms with E-state index in [-0.39, 0.29) is 30.7 Å². The zero-order chi connectivity index (χ0) is 31.9. The van der Waals surface area contributed by atoms with Crippen LogP contribution in [-0.2, 0) is 38.5 Å². The molecule has 0 aliphatic carbocycles. The molecule has 3 aliphatic heterocycles. The fourth-order valence-electron chi connectivity index (χ4n) is 7.01. The van der Waals surface area contributed by atoms with Crippen LogP contribution < -0.4 is 4.90 Å². The monoisotopic (exact) mass is 609 g/mol. The van der Waals surface area contributed by atoms with Crippen molar-refractivity contribution in [1.82, 2.24) is 9.80 Å². The van der Waals surface area contributed by atoms with E-state index in [1.54, 1.807) is 30.6 Å². The Hall–Kier alpha value is -4.66. The molecule has 4 atom stereocenters. The maximum Gasteiger partial charge on any atom is 0.415 e. The Kier molecular flexibility index (Phi) is 8.12. The molecule has 3 aromatic carbocycles. The second-order valence-electron chi connectivity index (χ2n) is 13.2. The summed E-state index contributed by atoms with van der Waals surface area (Å²) in [6, 6.07) is 22.8. The minimum atomic E-state index is -0.976. The SMILES string of the molecule is CC(C)(C)OC(=O)N1c2ccccc2C[C@@H]1C(=O)N1C[C@@H](c2ccccc2)C[C@@H]1C(=O)N1Cc2ccccc2C[C@@H]1CC(=O)O. The molecule has 1 fully saturated rings. The molecule has 3 amide bonds. The van der Waals surface area contributed by atoms with Crippen LogP contribution in [0.25, 0.3) is 0 Å². The molecular formula is C36H39N3O6. The van der Waals surface area contributed by atoms with Crippen LogP contribution in [0.3, 0.4) is 0 Å². The molecule has 0 spiro atoms. The lowest BCUT2D eigenvalue weighted by atomic mass is 9.90. The summed E-state index contributed by atoms with van der Waals surface area (Å²) in [5, 5.41) is 9.75. The average molecular weight is 610 g/mol. The smallest absolute Gasteiger partial charge is 0.415 e. The van der Waals surface area contributed by atoms with Crippen molar-refractivity contribution in [2.75, 3.05) is 11.4 Å². The van der Waals surface area contributed by atoms with E-state index in [0.717, 1.165) is 22.3 Å². The van der Waals surface area contributed by atoms with Crippen molar-refractivity contribution in [2.24, 2.45) is 0 Å². The molecule has 9 heteroatoms. The van der Waals surface area contributed by atoms with Crippen molar-refractivity contribution in [2.45, 2.75) is 82.6 Å². The van der Waals surface area contributed by atoms with Gasteiger partial charge in [0.05, 0.1) is 12.1 Å². The maximum absolute atomic E-state index is 14.6. The van der Waals surface area contributed by atoms with E-state index in [2.05, 4.69) is 0 Å². The van der Waals surface area contributed by atoms with Gasteiger partial charge in [0.15, 0.2) is 0 Å². The fourth-order valence-corrected chi connectivity index (χ4v) is 7.01. The summed E-state index contributed by atoms with van der Waals surface area (Å²) in [4.78, 5) is 59.4. The van der Waals surface area contributed by atoms with Gasteiger partial charge in [-0.3, -0.25) is 19.3 Å². The highest BCUT2D eigenvalue weighted by molar-refractivity contribution is 6.02. The normalized spacial score (nSPS) is 22.5. The van der Waals surface area contributed by atoms with Gasteiger partial charge < -0.3 is 19.6 Å². The van der Waals surface area contributed by atoms with Gasteiger partial charge in [0.25, 0.3) is 0 Å². The third-order valence-corrected chi connectivity index (χ3v) is 9.04. The molecule has 6 rings (SSSR count). The molecule has 3 aliphatic rings. The first-order valence-corrected chi connectivity index (χ1v) is 15.5. The molecule has 0 radical (unpaired) electrons. The van der Waals surface area contributed by atoms with E-state index < -0.39 is 35.8 Å². The average Bonchev–Trinajstić information content (AvgIpc) is 3.62. The van der Waals surface area contributed by atoms with Crippen LogP contribution in [-0.4, -0.2) is 69.1 Å². The zero-order valence-electron chi connectivity index (χ0n) is 25.9. The van der Waals surface area contributed by atoms with Gasteiger partial charge in [-0.25, -0.2) is 4.79 Å². The van der Waals surface area contributed by atoms with E-state index in [0.29, 0.717) is 31.5 Å². The van der Waals surface area contributed by atoms with Crippen molar-refractivity contribution >= 4 is 29.6 Å². The number of carbonyl (C=O) groups excluding carboxylic acids is 3. The van der Waals surface area contributed by atoms with E-state index in [9.17, 15) is 24.3 Å². The highest BCUT2D eigenvalue weighted by Gasteiger charge is 2.49. The summed E-state index contributed by atoms with van der Waals surface area (Å²) in [5.74, 6) is -1.66. The Morgan fingerprint density at radius 3 is 2.09 bits per heavy atom. The minimum absolute atomic E-state index is 0.0992. The predicted molar refractivity (Wildman–Crippen MR) is 169 cm³/mol. The van der Waals surface area contributed by atoms with Crippen molar-refractivity contribution in [3.8, 4) is 0 Å². The lowest BCUT2D eigenvalue weighted by molar-refractivity contribution is -0.148. The third kappa shape index (κ3) is 6.16. The highest BCUT2D eigenvalue weighted by atomic mass is 16.6. The number of amides is 3. The van der Waals surface area contributed by atoms with Crippen LogP contribution in [0.4, 0.5) is 10.5 Å². The molecule has 0 unspecified atom stereocenters. The number of ether oxygens (including phenoxy) is 1. The van der Waals surface area contributed by atoms with Crippen molar-refractivity contribution < 1.29 is 29.0 Å². The first-order valence-electron chi connectivity index (χ1n) is 15.5. The Labute approximate surface area is 263 Å². The summed E-state index contributed by atoms with van der Waals surface area (Å²) in [6.07, 6.45) is 0.342. The van der Waals surface area contributed by atoms with Gasteiger partial charge in [-0.2, -0.15) is 0 Å². The van der Waals surface area contributed by atoms with Gasteiger partial charge in [-0.15, -0.1) is 0 Å². The van der Waals surface area contributed by atoms with Crippen LogP contribution in [0.2, 0.25) is 0 Å². The number of carbonyl (C=O) groups is 4. The lowest BCUT2D eigenvalue weighted by Gasteiger charge is -2.40. The molecule has 9 nitrogen and oxygen atoms in total. The van der Waals surface area contributed by atoms with Crippen LogP contribution >= 0.6 is 0 Å². The number of benzene rings is 3. The molecular weight excluding hydrogens is 570 g/mol. The summed E-state index contributed by atoms with van der Waals surface area (Å²) in [5.41, 5.74) is 3.75. The van der Waals surface area contributed by atoms with Crippen molar-refractivity contribution in [3.05, 3.63) is 101 Å². The Morgan fingerprint density at radius 1 is 0.778 bits per heavy atom. The number of likely N-dealkylation sites (tertiary alicyclic amines) is 1. The molecule has 45 heavy (non-hydrogen) atoms. The number of hydrogen-bond donors (Lipinski definition) is 1. The molecule has 0 bridgehead atoms. The van der Waals surface area contributed by atoms with Crippen LogP contribution in [0, 0.1) is 0 Å². The van der Waals surface area contributed by atoms with Gasteiger partial charge in [0.1, 0.15) is 17.7 Å².